The van der Waals surface area contributed by atoms with Crippen LogP contribution >= 0.6 is 0 Å². The summed E-state index contributed by atoms with van der Waals surface area (Å²) in [5.41, 5.74) is 1.16. The molecule has 2 aromatic rings. The van der Waals surface area contributed by atoms with Gasteiger partial charge in [-0.1, -0.05) is 18.2 Å². The predicted molar refractivity (Wildman–Crippen MR) is 81.7 cm³/mol. The van der Waals surface area contributed by atoms with E-state index >= 15 is 0 Å². The molecule has 2 heterocycles. The molecule has 1 aliphatic rings. The number of carbonyl (C=O) groups excluding carboxylic acids is 3. The van der Waals surface area contributed by atoms with Crippen molar-refractivity contribution in [2.75, 3.05) is 6.54 Å². The lowest BCUT2D eigenvalue weighted by atomic mass is 10.0. The van der Waals surface area contributed by atoms with E-state index in [0.29, 0.717) is 5.56 Å². The van der Waals surface area contributed by atoms with Crippen LogP contribution in [0, 0.1) is 6.92 Å². The lowest BCUT2D eigenvalue weighted by Crippen LogP contribution is -2.41. The molecule has 0 spiro atoms. The molecule has 1 aliphatic heterocycles. The number of rotatable bonds is 3. The Morgan fingerprint density at radius 1 is 1.23 bits per heavy atom. The van der Waals surface area contributed by atoms with Crippen LogP contribution in [0.3, 0.4) is 0 Å². The highest BCUT2D eigenvalue weighted by molar-refractivity contribution is 6.14. The Hall–Kier alpha value is -2.63. The Kier molecular flexibility index (Phi) is 3.05. The third-order valence-electron chi connectivity index (χ3n) is 3.92. The largest absolute Gasteiger partial charge is 0.358 e. The van der Waals surface area contributed by atoms with Crippen LogP contribution in [-0.2, 0) is 4.79 Å². The lowest BCUT2D eigenvalue weighted by molar-refractivity contribution is -0.129. The van der Waals surface area contributed by atoms with Gasteiger partial charge in [0.1, 0.15) is 5.54 Å². The average molecular weight is 299 g/mol. The fourth-order valence-corrected chi connectivity index (χ4v) is 2.82. The number of imide groups is 1. The van der Waals surface area contributed by atoms with Crippen molar-refractivity contribution < 1.29 is 14.4 Å². The van der Waals surface area contributed by atoms with Crippen molar-refractivity contribution in [2.45, 2.75) is 26.3 Å². The number of carbonyl (C=O) groups is 3. The first-order valence-corrected chi connectivity index (χ1v) is 7.06. The van der Waals surface area contributed by atoms with Gasteiger partial charge in [0.2, 0.25) is 0 Å². The van der Waals surface area contributed by atoms with Crippen LogP contribution in [0.25, 0.3) is 10.9 Å². The second-order valence-electron chi connectivity index (χ2n) is 6.04. The molecular weight excluding hydrogens is 282 g/mol. The summed E-state index contributed by atoms with van der Waals surface area (Å²) in [4.78, 5) is 40.8. The van der Waals surface area contributed by atoms with Crippen LogP contribution in [0.5, 0.6) is 0 Å². The zero-order chi connectivity index (χ0) is 16.1. The molecule has 114 valence electrons. The maximum atomic E-state index is 12.6. The highest BCUT2D eigenvalue weighted by atomic mass is 16.2. The number of aromatic amines is 1. The van der Waals surface area contributed by atoms with E-state index in [1.165, 1.54) is 0 Å². The quantitative estimate of drug-likeness (QED) is 0.671. The number of H-pyrrole nitrogens is 1. The van der Waals surface area contributed by atoms with E-state index < -0.39 is 11.6 Å². The van der Waals surface area contributed by atoms with Crippen LogP contribution in [0.2, 0.25) is 0 Å². The van der Waals surface area contributed by atoms with E-state index in [9.17, 15) is 14.4 Å². The van der Waals surface area contributed by atoms with E-state index in [1.807, 2.05) is 31.2 Å². The van der Waals surface area contributed by atoms with Crippen molar-refractivity contribution in [2.24, 2.45) is 0 Å². The maximum Gasteiger partial charge on any atom is 0.325 e. The molecule has 22 heavy (non-hydrogen) atoms. The minimum atomic E-state index is -0.966. The second-order valence-corrected chi connectivity index (χ2v) is 6.04. The molecule has 3 amide bonds. The first-order valence-electron chi connectivity index (χ1n) is 7.06. The van der Waals surface area contributed by atoms with Gasteiger partial charge < -0.3 is 10.3 Å². The number of hydrogen-bond donors (Lipinski definition) is 2. The minimum Gasteiger partial charge on any atom is -0.358 e. The molecule has 0 atom stereocenters. The fraction of sp³-hybridized carbons (Fsp3) is 0.312. The molecule has 0 radical (unpaired) electrons. The Labute approximate surface area is 127 Å². The molecule has 2 N–H and O–H groups in total. The van der Waals surface area contributed by atoms with Crippen LogP contribution < -0.4 is 5.32 Å². The van der Waals surface area contributed by atoms with Crippen molar-refractivity contribution >= 4 is 28.6 Å². The number of benzene rings is 1. The van der Waals surface area contributed by atoms with Gasteiger partial charge in [-0.3, -0.25) is 14.5 Å². The summed E-state index contributed by atoms with van der Waals surface area (Å²) in [6.07, 6.45) is 0. The highest BCUT2D eigenvalue weighted by Gasteiger charge is 2.45. The summed E-state index contributed by atoms with van der Waals surface area (Å²) in [7, 11) is 0. The topological polar surface area (TPSA) is 82.3 Å². The zero-order valence-electron chi connectivity index (χ0n) is 12.7. The van der Waals surface area contributed by atoms with Crippen molar-refractivity contribution in [1.29, 1.82) is 0 Å². The third-order valence-corrected chi connectivity index (χ3v) is 3.92. The molecule has 0 bridgehead atoms. The number of nitrogens with one attached hydrogen (secondary N) is 2. The Morgan fingerprint density at radius 3 is 2.55 bits per heavy atom. The molecule has 0 saturated carbocycles. The Bertz CT molecular complexity index is 804. The number of urea groups is 1. The molecule has 0 aliphatic carbocycles. The first-order chi connectivity index (χ1) is 10.3. The number of ketones is 1. The van der Waals surface area contributed by atoms with Crippen LogP contribution in [0.15, 0.2) is 24.3 Å². The summed E-state index contributed by atoms with van der Waals surface area (Å²) in [5, 5.41) is 3.37. The fourth-order valence-electron chi connectivity index (χ4n) is 2.82. The van der Waals surface area contributed by atoms with Gasteiger partial charge in [0, 0.05) is 22.2 Å². The maximum absolute atomic E-state index is 12.6. The van der Waals surface area contributed by atoms with Gasteiger partial charge in [0.25, 0.3) is 5.91 Å². The second kappa shape index (κ2) is 4.69. The molecule has 3 rings (SSSR count). The van der Waals surface area contributed by atoms with Gasteiger partial charge in [-0.25, -0.2) is 4.79 Å². The standard InChI is InChI=1S/C16H17N3O3/c1-9-13(10-6-4-5-7-11(10)17-9)12(20)8-19-14(21)16(2,3)18-15(19)22/h4-7,17H,8H2,1-3H3,(H,18,22). The van der Waals surface area contributed by atoms with Gasteiger partial charge >= 0.3 is 6.03 Å². The number of aryl methyl sites for hydroxylation is 1. The summed E-state index contributed by atoms with van der Waals surface area (Å²) in [6, 6.07) is 6.94. The summed E-state index contributed by atoms with van der Waals surface area (Å²) in [5.74, 6) is -0.639. The Morgan fingerprint density at radius 2 is 1.91 bits per heavy atom. The minimum absolute atomic E-state index is 0.253. The molecular formula is C16H17N3O3. The number of amides is 3. The lowest BCUT2D eigenvalue weighted by Gasteiger charge is -2.15. The number of Topliss-reactive ketones (excluding diaryl/α,β-unsaturated/α-hetero) is 1. The molecule has 0 unspecified atom stereocenters. The monoisotopic (exact) mass is 299 g/mol. The molecule has 6 heteroatoms. The van der Waals surface area contributed by atoms with Gasteiger partial charge in [-0.2, -0.15) is 0 Å². The molecule has 6 nitrogen and oxygen atoms in total. The van der Waals surface area contributed by atoms with Crippen LogP contribution in [-0.4, -0.2) is 39.7 Å². The van der Waals surface area contributed by atoms with Crippen LogP contribution in [0.1, 0.15) is 29.9 Å². The summed E-state index contributed by atoms with van der Waals surface area (Å²) in [6.45, 7) is 4.79. The highest BCUT2D eigenvalue weighted by Crippen LogP contribution is 2.24. The van der Waals surface area contributed by atoms with Gasteiger partial charge in [-0.15, -0.1) is 0 Å². The number of fused-ring (bicyclic) bond motifs is 1. The number of hydrogen-bond acceptors (Lipinski definition) is 3. The van der Waals surface area contributed by atoms with E-state index in [2.05, 4.69) is 10.3 Å². The number of para-hydroxylation sites is 1. The normalized spacial score (nSPS) is 17.1. The molecule has 1 aromatic heterocycles. The molecule has 1 aromatic carbocycles. The predicted octanol–water partition coefficient (Wildman–Crippen LogP) is 1.99. The summed E-state index contributed by atoms with van der Waals surface area (Å²) >= 11 is 0. The molecule has 1 saturated heterocycles. The average Bonchev–Trinajstić information content (AvgIpc) is 2.87. The van der Waals surface area contributed by atoms with E-state index in [0.717, 1.165) is 21.5 Å². The van der Waals surface area contributed by atoms with Gasteiger partial charge in [0.15, 0.2) is 5.78 Å². The SMILES string of the molecule is Cc1[nH]c2ccccc2c1C(=O)CN1C(=O)NC(C)(C)C1=O. The van der Waals surface area contributed by atoms with Crippen molar-refractivity contribution in [3.8, 4) is 0 Å². The third kappa shape index (κ3) is 2.07. The van der Waals surface area contributed by atoms with Gasteiger partial charge in [0.05, 0.1) is 6.54 Å². The van der Waals surface area contributed by atoms with Crippen LogP contribution in [0.4, 0.5) is 4.79 Å². The molecule has 1 fully saturated rings. The van der Waals surface area contributed by atoms with Crippen molar-refractivity contribution in [1.82, 2.24) is 15.2 Å². The smallest absolute Gasteiger partial charge is 0.325 e. The van der Waals surface area contributed by atoms with E-state index in [-0.39, 0.29) is 18.2 Å². The van der Waals surface area contributed by atoms with E-state index in [4.69, 9.17) is 0 Å². The van der Waals surface area contributed by atoms with Gasteiger partial charge in [-0.05, 0) is 26.8 Å². The summed E-state index contributed by atoms with van der Waals surface area (Å²) < 4.78 is 0. The first kappa shape index (κ1) is 14.3. The Balaban J connectivity index is 1.93. The number of aromatic nitrogens is 1. The zero-order valence-corrected chi connectivity index (χ0v) is 12.7. The van der Waals surface area contributed by atoms with E-state index in [1.54, 1.807) is 13.8 Å². The van der Waals surface area contributed by atoms with Crippen molar-refractivity contribution in [3.63, 3.8) is 0 Å². The number of nitrogens with zero attached hydrogens (tertiary/aromatic N) is 1. The van der Waals surface area contributed by atoms with Crippen molar-refractivity contribution in [3.05, 3.63) is 35.5 Å².